The normalized spacial score (nSPS) is 29.5. The molecule has 10 heavy (non-hydrogen) atoms. The van der Waals surface area contributed by atoms with Crippen molar-refractivity contribution in [1.82, 2.24) is 15.8 Å². The second-order valence-electron chi connectivity index (χ2n) is 2.17. The number of fused-ring (bicyclic) bond motifs is 1. The number of nitrogens with two attached hydrogens (primary N) is 1. The monoisotopic (exact) mass is 139 g/mol. The minimum atomic E-state index is -0.207. The maximum atomic E-state index is 5.52. The van der Waals surface area contributed by atoms with Crippen LogP contribution in [-0.2, 0) is 0 Å². The molecule has 0 bridgehead atoms. The van der Waals surface area contributed by atoms with Crippen molar-refractivity contribution in [2.24, 2.45) is 10.7 Å². The van der Waals surface area contributed by atoms with Gasteiger partial charge in [0.15, 0.2) is 0 Å². The summed E-state index contributed by atoms with van der Waals surface area (Å²) in [5, 5.41) is 4.72. The third-order valence-electron chi connectivity index (χ3n) is 1.39. The Hall–Kier alpha value is -1.07. The van der Waals surface area contributed by atoms with Gasteiger partial charge < -0.3 is 5.32 Å². The van der Waals surface area contributed by atoms with Gasteiger partial charge in [0.2, 0.25) is 5.96 Å². The Morgan fingerprint density at radius 3 is 3.50 bits per heavy atom. The molecule has 0 aromatic heterocycles. The molecule has 4 N–H and O–H groups in total. The Balaban J connectivity index is 2.19. The molecule has 2 heterocycles. The smallest absolute Gasteiger partial charge is 0.215 e. The molecule has 1 unspecified atom stereocenters. The third kappa shape index (κ3) is 0.758. The van der Waals surface area contributed by atoms with Gasteiger partial charge in [0.05, 0.1) is 6.54 Å². The summed E-state index contributed by atoms with van der Waals surface area (Å²) in [5.74, 6) is 0.801. The van der Waals surface area contributed by atoms with Gasteiger partial charge in [-0.25, -0.2) is 4.99 Å². The third-order valence-corrected chi connectivity index (χ3v) is 1.39. The number of hydrazine groups is 1. The van der Waals surface area contributed by atoms with E-state index in [1.165, 1.54) is 0 Å². The van der Waals surface area contributed by atoms with Crippen LogP contribution in [0, 0.1) is 0 Å². The highest BCUT2D eigenvalue weighted by molar-refractivity contribution is 5.83. The molecule has 0 aliphatic carbocycles. The van der Waals surface area contributed by atoms with E-state index >= 15 is 0 Å². The Kier molecular flexibility index (Phi) is 1.12. The molecule has 5 nitrogen and oxygen atoms in total. The summed E-state index contributed by atoms with van der Waals surface area (Å²) in [6.45, 7) is 0.729. The van der Waals surface area contributed by atoms with Crippen molar-refractivity contribution in [1.29, 1.82) is 0 Å². The molecule has 1 saturated heterocycles. The number of nitrogens with zero attached hydrogens (tertiary/aromatic N) is 2. The van der Waals surface area contributed by atoms with Crippen LogP contribution in [0.2, 0.25) is 0 Å². The van der Waals surface area contributed by atoms with Crippen LogP contribution in [-0.4, -0.2) is 23.8 Å². The molecule has 2 aliphatic heterocycles. The van der Waals surface area contributed by atoms with Crippen LogP contribution in [0.3, 0.4) is 0 Å². The molecule has 2 rings (SSSR count). The lowest BCUT2D eigenvalue weighted by Crippen LogP contribution is -2.41. The standard InChI is InChI=1S/C5H9N5/c6-4-8-5-7-2-1-3-10(5)9-4/h1,3-4,9H,2,6H2,(H,7,8). The van der Waals surface area contributed by atoms with Gasteiger partial charge in [-0.05, 0) is 6.08 Å². The van der Waals surface area contributed by atoms with Crippen LogP contribution >= 0.6 is 0 Å². The van der Waals surface area contributed by atoms with Gasteiger partial charge in [-0.1, -0.05) is 0 Å². The minimum absolute atomic E-state index is 0.207. The van der Waals surface area contributed by atoms with E-state index in [0.717, 1.165) is 12.5 Å². The van der Waals surface area contributed by atoms with E-state index < -0.39 is 0 Å². The molecule has 54 valence electrons. The maximum absolute atomic E-state index is 5.52. The van der Waals surface area contributed by atoms with Gasteiger partial charge in [-0.3, -0.25) is 10.7 Å². The summed E-state index contributed by atoms with van der Waals surface area (Å²) in [6.07, 6.45) is 3.65. The fourth-order valence-corrected chi connectivity index (χ4v) is 0.979. The van der Waals surface area contributed by atoms with Crippen molar-refractivity contribution in [2.45, 2.75) is 6.29 Å². The van der Waals surface area contributed by atoms with Gasteiger partial charge in [-0.15, -0.1) is 0 Å². The van der Waals surface area contributed by atoms with Crippen LogP contribution in [0.1, 0.15) is 0 Å². The van der Waals surface area contributed by atoms with Crippen molar-refractivity contribution in [3.8, 4) is 0 Å². The molecule has 0 aromatic rings. The molecule has 5 heteroatoms. The van der Waals surface area contributed by atoms with Crippen molar-refractivity contribution in [3.63, 3.8) is 0 Å². The first kappa shape index (κ1) is 5.70. The second kappa shape index (κ2) is 1.96. The Morgan fingerprint density at radius 2 is 2.70 bits per heavy atom. The fraction of sp³-hybridized carbons (Fsp3) is 0.400. The summed E-state index contributed by atoms with van der Waals surface area (Å²) < 4.78 is 0. The van der Waals surface area contributed by atoms with Gasteiger partial charge in [-0.2, -0.15) is 5.43 Å². The average Bonchev–Trinajstić information content (AvgIpc) is 2.27. The molecule has 0 spiro atoms. The highest BCUT2D eigenvalue weighted by atomic mass is 15.7. The van der Waals surface area contributed by atoms with Crippen LogP contribution < -0.4 is 16.5 Å². The largest absolute Gasteiger partial charge is 0.326 e. The van der Waals surface area contributed by atoms with Gasteiger partial charge in [0, 0.05) is 6.20 Å². The SMILES string of the molecule is NC1NC2=NCC=CN2N1. The van der Waals surface area contributed by atoms with Crippen LogP contribution in [0.5, 0.6) is 0 Å². The zero-order chi connectivity index (χ0) is 6.97. The lowest BCUT2D eigenvalue weighted by molar-refractivity contribution is 0.388. The highest BCUT2D eigenvalue weighted by Gasteiger charge is 2.22. The average molecular weight is 139 g/mol. The molecule has 1 fully saturated rings. The Bertz CT molecular complexity index is 196. The van der Waals surface area contributed by atoms with Crippen LogP contribution in [0.25, 0.3) is 0 Å². The van der Waals surface area contributed by atoms with Crippen molar-refractivity contribution < 1.29 is 0 Å². The molecule has 0 aromatic carbocycles. The van der Waals surface area contributed by atoms with Gasteiger partial charge >= 0.3 is 0 Å². The molecule has 1 atom stereocenters. The summed E-state index contributed by atoms with van der Waals surface area (Å²) >= 11 is 0. The summed E-state index contributed by atoms with van der Waals surface area (Å²) in [6, 6.07) is 0. The van der Waals surface area contributed by atoms with E-state index in [2.05, 4.69) is 15.7 Å². The lowest BCUT2D eigenvalue weighted by atomic mass is 10.5. The van der Waals surface area contributed by atoms with E-state index in [4.69, 9.17) is 5.73 Å². The van der Waals surface area contributed by atoms with E-state index in [1.807, 2.05) is 12.3 Å². The predicted molar refractivity (Wildman–Crippen MR) is 37.5 cm³/mol. The van der Waals surface area contributed by atoms with Gasteiger partial charge in [0.25, 0.3) is 0 Å². The fourth-order valence-electron chi connectivity index (χ4n) is 0.979. The molecular weight excluding hydrogens is 130 g/mol. The number of nitrogens with one attached hydrogen (secondary N) is 2. The zero-order valence-corrected chi connectivity index (χ0v) is 5.41. The number of hydrogen-bond donors (Lipinski definition) is 3. The first-order valence-corrected chi connectivity index (χ1v) is 3.15. The van der Waals surface area contributed by atoms with Crippen LogP contribution in [0.4, 0.5) is 0 Å². The highest BCUT2D eigenvalue weighted by Crippen LogP contribution is 1.99. The van der Waals surface area contributed by atoms with Crippen LogP contribution in [0.15, 0.2) is 17.3 Å². The summed E-state index contributed by atoms with van der Waals surface area (Å²) in [4.78, 5) is 4.14. The number of guanidine groups is 1. The number of hydrogen-bond acceptors (Lipinski definition) is 5. The lowest BCUT2D eigenvalue weighted by Gasteiger charge is -2.13. The number of aliphatic imine (C=N–C) groups is 1. The molecule has 0 amide bonds. The van der Waals surface area contributed by atoms with E-state index in [1.54, 1.807) is 5.01 Å². The summed E-state index contributed by atoms with van der Waals surface area (Å²) in [5.41, 5.74) is 8.45. The topological polar surface area (TPSA) is 65.7 Å². The molecular formula is C5H9N5. The first-order chi connectivity index (χ1) is 4.86. The zero-order valence-electron chi connectivity index (χ0n) is 5.41. The Morgan fingerprint density at radius 1 is 1.80 bits per heavy atom. The first-order valence-electron chi connectivity index (χ1n) is 3.15. The maximum Gasteiger partial charge on any atom is 0.215 e. The number of rotatable bonds is 0. The Labute approximate surface area is 58.6 Å². The summed E-state index contributed by atoms with van der Waals surface area (Å²) in [7, 11) is 0. The van der Waals surface area contributed by atoms with Crippen molar-refractivity contribution in [3.05, 3.63) is 12.3 Å². The van der Waals surface area contributed by atoms with E-state index in [0.29, 0.717) is 0 Å². The molecule has 0 saturated carbocycles. The van der Waals surface area contributed by atoms with E-state index in [-0.39, 0.29) is 6.29 Å². The molecule has 0 radical (unpaired) electrons. The second-order valence-corrected chi connectivity index (χ2v) is 2.17. The quantitative estimate of drug-likeness (QED) is 0.383. The minimum Gasteiger partial charge on any atom is -0.326 e. The van der Waals surface area contributed by atoms with E-state index in [9.17, 15) is 0 Å². The predicted octanol–water partition coefficient (Wildman–Crippen LogP) is -1.48. The van der Waals surface area contributed by atoms with Crippen molar-refractivity contribution >= 4 is 5.96 Å². The van der Waals surface area contributed by atoms with Gasteiger partial charge in [0.1, 0.15) is 6.29 Å². The van der Waals surface area contributed by atoms with Crippen molar-refractivity contribution in [2.75, 3.05) is 6.54 Å². The molecule has 2 aliphatic rings.